The summed E-state index contributed by atoms with van der Waals surface area (Å²) >= 11 is 12.2. The van der Waals surface area contributed by atoms with Crippen LogP contribution in [0, 0.1) is 10.1 Å². The highest BCUT2D eigenvalue weighted by atomic mass is 35.5. The van der Waals surface area contributed by atoms with Crippen LogP contribution in [-0.2, 0) is 6.42 Å². The van der Waals surface area contributed by atoms with Gasteiger partial charge in [0.1, 0.15) is 5.15 Å². The molecule has 1 aromatic heterocycles. The third kappa shape index (κ3) is 2.06. The Hall–Kier alpha value is -1.39. The van der Waals surface area contributed by atoms with E-state index >= 15 is 0 Å². The summed E-state index contributed by atoms with van der Waals surface area (Å²) in [5.74, 6) is 0. The molecule has 0 N–H and O–H groups in total. The summed E-state index contributed by atoms with van der Waals surface area (Å²) in [6.07, 6.45) is 0.628. The van der Waals surface area contributed by atoms with Gasteiger partial charge in [-0.25, -0.2) is 4.98 Å². The van der Waals surface area contributed by atoms with Crippen LogP contribution in [0.25, 0.3) is 10.9 Å². The number of non-ortho nitro benzene ring substituents is 1. The molecule has 0 spiro atoms. The third-order valence-electron chi connectivity index (χ3n) is 2.51. The molecular weight excluding hydrogens is 263 g/mol. The van der Waals surface area contributed by atoms with Gasteiger partial charge in [-0.15, -0.1) is 0 Å². The molecule has 0 radical (unpaired) electrons. The maximum absolute atomic E-state index is 10.7. The molecule has 0 aliphatic carbocycles. The number of halogens is 2. The second-order valence-corrected chi connectivity index (χ2v) is 4.24. The Kier molecular flexibility index (Phi) is 3.17. The maximum Gasteiger partial charge on any atom is 0.270 e. The van der Waals surface area contributed by atoms with Gasteiger partial charge in [0.15, 0.2) is 0 Å². The number of aromatic nitrogens is 1. The van der Waals surface area contributed by atoms with E-state index in [0.717, 1.165) is 0 Å². The van der Waals surface area contributed by atoms with Gasteiger partial charge in [0.2, 0.25) is 0 Å². The third-order valence-corrected chi connectivity index (χ3v) is 3.26. The minimum Gasteiger partial charge on any atom is -0.258 e. The van der Waals surface area contributed by atoms with Gasteiger partial charge in [-0.3, -0.25) is 10.1 Å². The van der Waals surface area contributed by atoms with Crippen LogP contribution in [-0.4, -0.2) is 9.91 Å². The van der Waals surface area contributed by atoms with Gasteiger partial charge >= 0.3 is 0 Å². The minimum absolute atomic E-state index is 0.00873. The van der Waals surface area contributed by atoms with Crippen molar-refractivity contribution >= 4 is 39.8 Å². The molecule has 0 amide bonds. The van der Waals surface area contributed by atoms with Gasteiger partial charge in [-0.1, -0.05) is 30.1 Å². The van der Waals surface area contributed by atoms with Crippen LogP contribution in [0.3, 0.4) is 0 Å². The van der Waals surface area contributed by atoms with E-state index in [1.165, 1.54) is 12.1 Å². The van der Waals surface area contributed by atoms with Crippen LogP contribution in [0.15, 0.2) is 18.2 Å². The first-order valence-corrected chi connectivity index (χ1v) is 5.72. The Bertz CT molecular complexity index is 614. The summed E-state index contributed by atoms with van der Waals surface area (Å²) in [6, 6.07) is 4.35. The highest BCUT2D eigenvalue weighted by Crippen LogP contribution is 2.32. The summed E-state index contributed by atoms with van der Waals surface area (Å²) in [6.45, 7) is 1.90. The average Bonchev–Trinajstić information content (AvgIpc) is 2.29. The largest absolute Gasteiger partial charge is 0.270 e. The van der Waals surface area contributed by atoms with Gasteiger partial charge < -0.3 is 0 Å². The van der Waals surface area contributed by atoms with Gasteiger partial charge in [-0.05, 0) is 12.5 Å². The number of hydrogen-bond donors (Lipinski definition) is 0. The monoisotopic (exact) mass is 270 g/mol. The molecule has 4 nitrogen and oxygen atoms in total. The van der Waals surface area contributed by atoms with Gasteiger partial charge in [-0.2, -0.15) is 0 Å². The van der Waals surface area contributed by atoms with Crippen molar-refractivity contribution < 1.29 is 4.92 Å². The lowest BCUT2D eigenvalue weighted by Crippen LogP contribution is -1.93. The number of pyridine rings is 1. The van der Waals surface area contributed by atoms with Crippen LogP contribution in [0.5, 0.6) is 0 Å². The second-order valence-electron chi connectivity index (χ2n) is 3.51. The summed E-state index contributed by atoms with van der Waals surface area (Å²) in [7, 11) is 0. The van der Waals surface area contributed by atoms with Gasteiger partial charge in [0.05, 0.1) is 15.5 Å². The SMILES string of the molecule is CCc1c(Cl)nc2ccc([N+](=O)[O-])cc2c1Cl. The predicted octanol–water partition coefficient (Wildman–Crippen LogP) is 4.01. The molecule has 0 saturated heterocycles. The Morgan fingerprint density at radius 1 is 1.41 bits per heavy atom. The molecule has 0 unspecified atom stereocenters. The number of nitrogens with zero attached hydrogens (tertiary/aromatic N) is 2. The molecule has 1 aromatic carbocycles. The normalized spacial score (nSPS) is 10.8. The summed E-state index contributed by atoms with van der Waals surface area (Å²) < 4.78 is 0. The van der Waals surface area contributed by atoms with Crippen molar-refractivity contribution in [3.63, 3.8) is 0 Å². The Balaban J connectivity index is 2.80. The molecule has 2 aromatic rings. The van der Waals surface area contributed by atoms with Crippen LogP contribution in [0.2, 0.25) is 10.2 Å². The fourth-order valence-corrected chi connectivity index (χ4v) is 2.38. The first kappa shape index (κ1) is 12.1. The highest BCUT2D eigenvalue weighted by molar-refractivity contribution is 6.39. The lowest BCUT2D eigenvalue weighted by Gasteiger charge is -2.07. The second kappa shape index (κ2) is 4.47. The number of nitro groups is 1. The fourth-order valence-electron chi connectivity index (χ4n) is 1.64. The zero-order valence-electron chi connectivity index (χ0n) is 8.91. The van der Waals surface area contributed by atoms with E-state index in [1.54, 1.807) is 6.07 Å². The maximum atomic E-state index is 10.7. The van der Waals surface area contributed by atoms with Crippen molar-refractivity contribution in [2.45, 2.75) is 13.3 Å². The molecule has 0 fully saturated rings. The first-order chi connectivity index (χ1) is 8.04. The number of benzene rings is 1. The van der Waals surface area contributed by atoms with Crippen molar-refractivity contribution in [3.05, 3.63) is 44.1 Å². The van der Waals surface area contributed by atoms with Crippen LogP contribution in [0.4, 0.5) is 5.69 Å². The quantitative estimate of drug-likeness (QED) is 0.471. The van der Waals surface area contributed by atoms with Crippen molar-refractivity contribution in [1.29, 1.82) is 0 Å². The molecule has 0 atom stereocenters. The number of rotatable bonds is 2. The predicted molar refractivity (Wildman–Crippen MR) is 67.8 cm³/mol. The van der Waals surface area contributed by atoms with Crippen molar-refractivity contribution in [2.75, 3.05) is 0 Å². The standard InChI is InChI=1S/C11H8Cl2N2O2/c1-2-7-10(12)8-5-6(15(16)17)3-4-9(8)14-11(7)13/h3-5H,2H2,1H3. The molecule has 0 bridgehead atoms. The Morgan fingerprint density at radius 3 is 2.71 bits per heavy atom. The van der Waals surface area contributed by atoms with E-state index in [4.69, 9.17) is 23.2 Å². The molecular formula is C11H8Cl2N2O2. The molecule has 0 aliphatic rings. The van der Waals surface area contributed by atoms with E-state index in [-0.39, 0.29) is 5.69 Å². The van der Waals surface area contributed by atoms with E-state index < -0.39 is 4.92 Å². The van der Waals surface area contributed by atoms with Crippen LogP contribution in [0.1, 0.15) is 12.5 Å². The van der Waals surface area contributed by atoms with E-state index in [2.05, 4.69) is 4.98 Å². The van der Waals surface area contributed by atoms with Crippen LogP contribution < -0.4 is 0 Å². The number of nitro benzene ring substituents is 1. The topological polar surface area (TPSA) is 56.0 Å². The number of fused-ring (bicyclic) bond motifs is 1. The summed E-state index contributed by atoms with van der Waals surface area (Å²) in [5, 5.41) is 12.0. The zero-order chi connectivity index (χ0) is 12.6. The lowest BCUT2D eigenvalue weighted by atomic mass is 10.1. The minimum atomic E-state index is -0.462. The zero-order valence-corrected chi connectivity index (χ0v) is 10.4. The first-order valence-electron chi connectivity index (χ1n) is 4.96. The molecule has 6 heteroatoms. The molecule has 1 heterocycles. The van der Waals surface area contributed by atoms with Gasteiger partial charge in [0, 0.05) is 23.1 Å². The lowest BCUT2D eigenvalue weighted by molar-refractivity contribution is -0.384. The van der Waals surface area contributed by atoms with Crippen molar-refractivity contribution in [2.24, 2.45) is 0 Å². The molecule has 17 heavy (non-hydrogen) atoms. The van der Waals surface area contributed by atoms with E-state index in [1.807, 2.05) is 6.92 Å². The molecule has 2 rings (SSSR count). The number of hydrogen-bond acceptors (Lipinski definition) is 3. The highest BCUT2D eigenvalue weighted by Gasteiger charge is 2.14. The molecule has 0 aliphatic heterocycles. The van der Waals surface area contributed by atoms with Crippen molar-refractivity contribution in [1.82, 2.24) is 4.98 Å². The Morgan fingerprint density at radius 2 is 2.12 bits per heavy atom. The van der Waals surface area contributed by atoms with Gasteiger partial charge in [0.25, 0.3) is 5.69 Å². The molecule has 0 saturated carbocycles. The average molecular weight is 271 g/mol. The summed E-state index contributed by atoms with van der Waals surface area (Å²) in [4.78, 5) is 14.4. The Labute approximate surface area is 107 Å². The molecule has 88 valence electrons. The van der Waals surface area contributed by atoms with E-state index in [0.29, 0.717) is 33.1 Å². The van der Waals surface area contributed by atoms with Crippen molar-refractivity contribution in [3.8, 4) is 0 Å². The van der Waals surface area contributed by atoms with Crippen LogP contribution >= 0.6 is 23.2 Å². The summed E-state index contributed by atoms with van der Waals surface area (Å²) in [5.41, 5.74) is 1.26. The van der Waals surface area contributed by atoms with E-state index in [9.17, 15) is 10.1 Å². The smallest absolute Gasteiger partial charge is 0.258 e. The fraction of sp³-hybridized carbons (Fsp3) is 0.182.